The van der Waals surface area contributed by atoms with Crippen LogP contribution in [0, 0.1) is 10.8 Å². The Labute approximate surface area is 184 Å². The van der Waals surface area contributed by atoms with Crippen molar-refractivity contribution in [3.8, 4) is 0 Å². The minimum absolute atomic E-state index is 0.0387. The molecule has 1 N–H and O–H groups in total. The summed E-state index contributed by atoms with van der Waals surface area (Å²) in [5, 5.41) is 2.96. The highest BCUT2D eigenvalue weighted by Gasteiger charge is 2.66. The predicted molar refractivity (Wildman–Crippen MR) is 119 cm³/mol. The number of urea groups is 2. The quantitative estimate of drug-likeness (QED) is 0.788. The third-order valence-corrected chi connectivity index (χ3v) is 7.54. The molecule has 31 heavy (non-hydrogen) atoms. The summed E-state index contributed by atoms with van der Waals surface area (Å²) in [7, 11) is 3.51. The highest BCUT2D eigenvalue weighted by atomic mass is 16.2. The molecule has 1 atom stereocenters. The first-order chi connectivity index (χ1) is 14.8. The fourth-order valence-corrected chi connectivity index (χ4v) is 5.76. The molecule has 1 aromatic carbocycles. The second kappa shape index (κ2) is 8.05. The summed E-state index contributed by atoms with van der Waals surface area (Å²) in [6.07, 6.45) is 2.25. The van der Waals surface area contributed by atoms with Gasteiger partial charge in [-0.1, -0.05) is 18.2 Å². The SMILES string of the molecule is CCN1CC[C@]2(CN(C(=O)N(C)C)CC23CCN(C(=O)Nc2ccccc2)CC3)C1=O. The molecular formula is C23H33N5O3. The van der Waals surface area contributed by atoms with E-state index in [1.54, 1.807) is 19.0 Å². The van der Waals surface area contributed by atoms with Crippen LogP contribution in [0.4, 0.5) is 15.3 Å². The van der Waals surface area contributed by atoms with Crippen molar-refractivity contribution < 1.29 is 14.4 Å². The van der Waals surface area contributed by atoms with Crippen molar-refractivity contribution in [1.82, 2.24) is 19.6 Å². The van der Waals surface area contributed by atoms with Crippen LogP contribution in [0.3, 0.4) is 0 Å². The Kier molecular flexibility index (Phi) is 5.58. The molecule has 0 aliphatic carbocycles. The van der Waals surface area contributed by atoms with Gasteiger partial charge < -0.3 is 24.9 Å². The Morgan fingerprint density at radius 1 is 1.00 bits per heavy atom. The summed E-state index contributed by atoms with van der Waals surface area (Å²) >= 11 is 0. The van der Waals surface area contributed by atoms with E-state index in [1.807, 2.05) is 52.0 Å². The first-order valence-corrected chi connectivity index (χ1v) is 11.2. The summed E-state index contributed by atoms with van der Waals surface area (Å²) in [5.41, 5.74) is -0.0303. The summed E-state index contributed by atoms with van der Waals surface area (Å²) in [5.74, 6) is 0.186. The Bertz CT molecular complexity index is 850. The van der Waals surface area contributed by atoms with Gasteiger partial charge >= 0.3 is 12.1 Å². The largest absolute Gasteiger partial charge is 0.342 e. The van der Waals surface area contributed by atoms with Crippen LogP contribution < -0.4 is 5.32 Å². The van der Waals surface area contributed by atoms with Crippen molar-refractivity contribution in [2.24, 2.45) is 10.8 Å². The normalized spacial score (nSPS) is 24.9. The minimum Gasteiger partial charge on any atom is -0.342 e. The van der Waals surface area contributed by atoms with Gasteiger partial charge in [-0.05, 0) is 38.3 Å². The van der Waals surface area contributed by atoms with Gasteiger partial charge in [-0.3, -0.25) is 4.79 Å². The molecule has 0 aromatic heterocycles. The predicted octanol–water partition coefficient (Wildman–Crippen LogP) is 2.54. The molecule has 2 spiro atoms. The van der Waals surface area contributed by atoms with E-state index in [-0.39, 0.29) is 23.4 Å². The summed E-state index contributed by atoms with van der Waals surface area (Å²) in [4.78, 5) is 46.3. The van der Waals surface area contributed by atoms with Gasteiger partial charge in [-0.25, -0.2) is 9.59 Å². The van der Waals surface area contributed by atoms with Crippen molar-refractivity contribution in [1.29, 1.82) is 0 Å². The highest BCUT2D eigenvalue weighted by molar-refractivity contribution is 5.90. The first-order valence-electron chi connectivity index (χ1n) is 11.2. The van der Waals surface area contributed by atoms with Crippen molar-refractivity contribution in [2.45, 2.75) is 26.2 Å². The summed E-state index contributed by atoms with van der Waals surface area (Å²) in [6, 6.07) is 9.30. The number of likely N-dealkylation sites (tertiary alicyclic amines) is 3. The summed E-state index contributed by atoms with van der Waals surface area (Å²) in [6.45, 7) is 5.70. The van der Waals surface area contributed by atoms with Crippen LogP contribution >= 0.6 is 0 Å². The molecule has 0 radical (unpaired) electrons. The van der Waals surface area contributed by atoms with Crippen LogP contribution in [-0.2, 0) is 4.79 Å². The third kappa shape index (κ3) is 3.51. The molecule has 0 saturated carbocycles. The number of carbonyl (C=O) groups is 3. The molecule has 5 amide bonds. The van der Waals surface area contributed by atoms with Gasteiger partial charge in [0.05, 0.1) is 5.41 Å². The molecule has 3 aliphatic rings. The highest BCUT2D eigenvalue weighted by Crippen LogP contribution is 2.58. The first kappa shape index (κ1) is 21.5. The third-order valence-electron chi connectivity index (χ3n) is 7.54. The van der Waals surface area contributed by atoms with Gasteiger partial charge in [-0.15, -0.1) is 0 Å². The van der Waals surface area contributed by atoms with Gasteiger partial charge in [0.1, 0.15) is 0 Å². The zero-order valence-electron chi connectivity index (χ0n) is 18.8. The molecule has 3 fully saturated rings. The van der Waals surface area contributed by atoms with Crippen LogP contribution in [0.5, 0.6) is 0 Å². The fraction of sp³-hybridized carbons (Fsp3) is 0.609. The molecule has 3 heterocycles. The number of hydrogen-bond acceptors (Lipinski definition) is 3. The Morgan fingerprint density at radius 2 is 1.68 bits per heavy atom. The molecule has 168 valence electrons. The lowest BCUT2D eigenvalue weighted by Gasteiger charge is -2.46. The molecule has 4 rings (SSSR count). The van der Waals surface area contributed by atoms with Gasteiger partial charge in [0, 0.05) is 64.5 Å². The average Bonchev–Trinajstić information content (AvgIpc) is 3.26. The number of para-hydroxylation sites is 1. The van der Waals surface area contributed by atoms with E-state index in [4.69, 9.17) is 0 Å². The molecule has 0 bridgehead atoms. The maximum absolute atomic E-state index is 13.5. The molecule has 3 aliphatic heterocycles. The zero-order valence-corrected chi connectivity index (χ0v) is 18.8. The van der Waals surface area contributed by atoms with Gasteiger partial charge in [0.2, 0.25) is 5.91 Å². The Morgan fingerprint density at radius 3 is 2.26 bits per heavy atom. The van der Waals surface area contributed by atoms with E-state index >= 15 is 0 Å². The van der Waals surface area contributed by atoms with Crippen LogP contribution in [0.15, 0.2) is 30.3 Å². The number of nitrogens with one attached hydrogen (secondary N) is 1. The van der Waals surface area contributed by atoms with Crippen molar-refractivity contribution in [2.75, 3.05) is 58.7 Å². The average molecular weight is 428 g/mol. The number of nitrogens with zero attached hydrogens (tertiary/aromatic N) is 4. The van der Waals surface area contributed by atoms with E-state index in [0.29, 0.717) is 32.7 Å². The minimum atomic E-state index is -0.531. The fourth-order valence-electron chi connectivity index (χ4n) is 5.76. The topological polar surface area (TPSA) is 76.2 Å². The number of carbonyl (C=O) groups excluding carboxylic acids is 3. The maximum Gasteiger partial charge on any atom is 0.321 e. The number of benzene rings is 1. The maximum atomic E-state index is 13.5. The molecule has 0 unspecified atom stereocenters. The smallest absolute Gasteiger partial charge is 0.321 e. The Hall–Kier alpha value is -2.77. The van der Waals surface area contributed by atoms with E-state index in [9.17, 15) is 14.4 Å². The number of rotatable bonds is 2. The van der Waals surface area contributed by atoms with E-state index < -0.39 is 5.41 Å². The lowest BCUT2D eigenvalue weighted by Crippen LogP contribution is -2.54. The van der Waals surface area contributed by atoms with E-state index in [2.05, 4.69) is 5.32 Å². The van der Waals surface area contributed by atoms with E-state index in [1.165, 1.54) is 0 Å². The van der Waals surface area contributed by atoms with Crippen LogP contribution in [0.1, 0.15) is 26.2 Å². The lowest BCUT2D eigenvalue weighted by atomic mass is 9.60. The van der Waals surface area contributed by atoms with Gasteiger partial charge in [0.15, 0.2) is 0 Å². The number of piperidine rings is 1. The van der Waals surface area contributed by atoms with Crippen molar-refractivity contribution in [3.05, 3.63) is 30.3 Å². The van der Waals surface area contributed by atoms with Crippen molar-refractivity contribution in [3.63, 3.8) is 0 Å². The number of fused-ring (bicyclic) bond motifs is 1. The van der Waals surface area contributed by atoms with Crippen molar-refractivity contribution >= 4 is 23.7 Å². The van der Waals surface area contributed by atoms with Crippen LogP contribution in [0.25, 0.3) is 0 Å². The molecule has 3 saturated heterocycles. The van der Waals surface area contributed by atoms with Crippen LogP contribution in [0.2, 0.25) is 0 Å². The molecule has 8 nitrogen and oxygen atoms in total. The standard InChI is InChI=1S/C23H33N5O3/c1-4-26-15-12-23(19(26)29)17-28(21(31)25(2)3)16-22(23)10-13-27(14-11-22)20(30)24-18-8-6-5-7-9-18/h5-9H,4,10-17H2,1-3H3,(H,24,30)/t23-/m0/s1. The second-order valence-corrected chi connectivity index (χ2v) is 9.31. The zero-order chi connectivity index (χ0) is 22.2. The molecule has 8 heteroatoms. The van der Waals surface area contributed by atoms with Gasteiger partial charge in [-0.2, -0.15) is 0 Å². The molecule has 1 aromatic rings. The lowest BCUT2D eigenvalue weighted by molar-refractivity contribution is -0.141. The monoisotopic (exact) mass is 427 g/mol. The molecular weight excluding hydrogens is 394 g/mol. The second-order valence-electron chi connectivity index (χ2n) is 9.31. The number of hydrogen-bond donors (Lipinski definition) is 1. The Balaban J connectivity index is 1.53. The van der Waals surface area contributed by atoms with E-state index in [0.717, 1.165) is 31.5 Å². The number of anilines is 1. The number of amides is 5. The van der Waals surface area contributed by atoms with Crippen LogP contribution in [-0.4, -0.2) is 90.9 Å². The summed E-state index contributed by atoms with van der Waals surface area (Å²) < 4.78 is 0. The van der Waals surface area contributed by atoms with Gasteiger partial charge in [0.25, 0.3) is 0 Å².